The van der Waals surface area contributed by atoms with E-state index in [-0.39, 0.29) is 24.7 Å². The molecule has 7 heteroatoms. The number of anilines is 2. The molecule has 0 radical (unpaired) electrons. The molecule has 0 atom stereocenters. The lowest BCUT2D eigenvalue weighted by molar-refractivity contribution is -0.114. The van der Waals surface area contributed by atoms with Crippen molar-refractivity contribution in [2.45, 2.75) is 6.54 Å². The monoisotopic (exact) mass is 367 g/mol. The summed E-state index contributed by atoms with van der Waals surface area (Å²) in [4.78, 5) is 24.4. The van der Waals surface area contributed by atoms with Gasteiger partial charge in [-0.25, -0.2) is 4.39 Å². The SMILES string of the molecule is O=C(CNc1ccccc1C(=O)NCc1ccco1)Nc1ccccc1F. The number of benzene rings is 2. The smallest absolute Gasteiger partial charge is 0.253 e. The molecule has 0 fully saturated rings. The minimum absolute atomic E-state index is 0.105. The van der Waals surface area contributed by atoms with Gasteiger partial charge in [-0.2, -0.15) is 0 Å². The van der Waals surface area contributed by atoms with Crippen LogP contribution in [0.3, 0.4) is 0 Å². The number of rotatable bonds is 7. The van der Waals surface area contributed by atoms with Gasteiger partial charge in [0.25, 0.3) is 5.91 Å². The highest BCUT2D eigenvalue weighted by atomic mass is 19.1. The Balaban J connectivity index is 1.59. The van der Waals surface area contributed by atoms with Gasteiger partial charge in [0.15, 0.2) is 0 Å². The van der Waals surface area contributed by atoms with Crippen LogP contribution in [0.15, 0.2) is 71.3 Å². The number of halogens is 1. The zero-order valence-electron chi connectivity index (χ0n) is 14.4. The second-order valence-corrected chi connectivity index (χ2v) is 5.69. The van der Waals surface area contributed by atoms with Crippen molar-refractivity contribution in [2.75, 3.05) is 17.2 Å². The van der Waals surface area contributed by atoms with Crippen LogP contribution in [0, 0.1) is 5.82 Å². The van der Waals surface area contributed by atoms with Crippen molar-refractivity contribution >= 4 is 23.2 Å². The van der Waals surface area contributed by atoms with E-state index in [0.29, 0.717) is 17.0 Å². The number of furan rings is 1. The van der Waals surface area contributed by atoms with E-state index in [4.69, 9.17) is 4.42 Å². The Morgan fingerprint density at radius 1 is 0.926 bits per heavy atom. The second-order valence-electron chi connectivity index (χ2n) is 5.69. The Hall–Kier alpha value is -3.61. The first-order valence-corrected chi connectivity index (χ1v) is 8.31. The molecule has 2 aromatic carbocycles. The topological polar surface area (TPSA) is 83.4 Å². The second kappa shape index (κ2) is 8.66. The maximum Gasteiger partial charge on any atom is 0.253 e. The molecule has 0 saturated heterocycles. The Morgan fingerprint density at radius 3 is 2.41 bits per heavy atom. The summed E-state index contributed by atoms with van der Waals surface area (Å²) in [6.07, 6.45) is 1.53. The van der Waals surface area contributed by atoms with Crippen LogP contribution in [0.25, 0.3) is 0 Å². The lowest BCUT2D eigenvalue weighted by atomic mass is 10.1. The molecule has 0 aliphatic carbocycles. The summed E-state index contributed by atoms with van der Waals surface area (Å²) in [6.45, 7) is 0.144. The van der Waals surface area contributed by atoms with Gasteiger partial charge in [-0.1, -0.05) is 24.3 Å². The van der Waals surface area contributed by atoms with E-state index in [1.165, 1.54) is 18.4 Å². The predicted octanol–water partition coefficient (Wildman–Crippen LogP) is 3.40. The van der Waals surface area contributed by atoms with Crippen LogP contribution >= 0.6 is 0 Å². The zero-order valence-corrected chi connectivity index (χ0v) is 14.4. The Kier molecular flexibility index (Phi) is 5.84. The minimum atomic E-state index is -0.511. The molecule has 3 N–H and O–H groups in total. The van der Waals surface area contributed by atoms with Crippen molar-refractivity contribution in [1.29, 1.82) is 0 Å². The van der Waals surface area contributed by atoms with Crippen molar-refractivity contribution in [3.8, 4) is 0 Å². The van der Waals surface area contributed by atoms with E-state index in [0.717, 1.165) is 0 Å². The first-order chi connectivity index (χ1) is 13.1. The lowest BCUT2D eigenvalue weighted by Crippen LogP contribution is -2.26. The molecule has 0 bridgehead atoms. The molecule has 3 rings (SSSR count). The fourth-order valence-corrected chi connectivity index (χ4v) is 2.44. The van der Waals surface area contributed by atoms with Crippen molar-refractivity contribution in [3.63, 3.8) is 0 Å². The Morgan fingerprint density at radius 2 is 1.67 bits per heavy atom. The summed E-state index contributed by atoms with van der Waals surface area (Å²) in [5.74, 6) is -0.600. The van der Waals surface area contributed by atoms with Gasteiger partial charge >= 0.3 is 0 Å². The summed E-state index contributed by atoms with van der Waals surface area (Å²) in [5.41, 5.74) is 0.995. The maximum absolute atomic E-state index is 13.6. The van der Waals surface area contributed by atoms with Crippen molar-refractivity contribution in [2.24, 2.45) is 0 Å². The molecule has 1 aromatic heterocycles. The molecule has 2 amide bonds. The average Bonchev–Trinajstić information content (AvgIpc) is 3.20. The fraction of sp³-hybridized carbons (Fsp3) is 0.100. The number of hydrogen-bond acceptors (Lipinski definition) is 4. The van der Waals surface area contributed by atoms with Crippen molar-refractivity contribution < 1.29 is 18.4 Å². The summed E-state index contributed by atoms with van der Waals surface area (Å²) in [6, 6.07) is 16.2. The van der Waals surface area contributed by atoms with E-state index in [1.807, 2.05) is 0 Å². The molecule has 0 saturated carbocycles. The standard InChI is InChI=1S/C20H18FN3O3/c21-16-8-2-4-10-18(16)24-19(25)13-22-17-9-3-1-7-15(17)20(26)23-12-14-6-5-11-27-14/h1-11,22H,12-13H2,(H,23,26)(H,24,25). The van der Waals surface area contributed by atoms with Crippen molar-refractivity contribution in [3.05, 3.63) is 84.1 Å². The van der Waals surface area contributed by atoms with Crippen molar-refractivity contribution in [1.82, 2.24) is 5.32 Å². The van der Waals surface area contributed by atoms with E-state index < -0.39 is 11.7 Å². The molecule has 138 valence electrons. The molecule has 0 aliphatic heterocycles. The quantitative estimate of drug-likeness (QED) is 0.598. The van der Waals surface area contributed by atoms with Gasteiger partial charge in [0.05, 0.1) is 30.6 Å². The van der Waals surface area contributed by atoms with Crippen LogP contribution in [-0.2, 0) is 11.3 Å². The highest BCUT2D eigenvalue weighted by Gasteiger charge is 2.12. The van der Waals surface area contributed by atoms with Gasteiger partial charge in [0, 0.05) is 5.69 Å². The Bertz CT molecular complexity index is 926. The van der Waals surface area contributed by atoms with Crippen LogP contribution < -0.4 is 16.0 Å². The average molecular weight is 367 g/mol. The number of carbonyl (C=O) groups excluding carboxylic acids is 2. The van der Waals surface area contributed by atoms with Gasteiger partial charge in [0.1, 0.15) is 11.6 Å². The third kappa shape index (κ3) is 4.94. The molecule has 0 spiro atoms. The largest absolute Gasteiger partial charge is 0.467 e. The summed E-state index contributed by atoms with van der Waals surface area (Å²) >= 11 is 0. The van der Waals surface area contributed by atoms with E-state index in [9.17, 15) is 14.0 Å². The third-order valence-corrected chi connectivity index (χ3v) is 3.76. The van der Waals surface area contributed by atoms with E-state index >= 15 is 0 Å². The summed E-state index contributed by atoms with van der Waals surface area (Å²) < 4.78 is 18.8. The molecule has 3 aromatic rings. The van der Waals surface area contributed by atoms with Crippen LogP contribution in [0.5, 0.6) is 0 Å². The van der Waals surface area contributed by atoms with Crippen LogP contribution in [0.1, 0.15) is 16.1 Å². The third-order valence-electron chi connectivity index (χ3n) is 3.76. The molecular formula is C20H18FN3O3. The highest BCUT2D eigenvalue weighted by Crippen LogP contribution is 2.16. The van der Waals surface area contributed by atoms with Crippen LogP contribution in [-0.4, -0.2) is 18.4 Å². The highest BCUT2D eigenvalue weighted by molar-refractivity contribution is 6.00. The number of hydrogen-bond donors (Lipinski definition) is 3. The summed E-state index contributed by atoms with van der Waals surface area (Å²) in [5, 5.41) is 8.15. The number of para-hydroxylation sites is 2. The zero-order chi connectivity index (χ0) is 19.1. The first-order valence-electron chi connectivity index (χ1n) is 8.31. The first kappa shape index (κ1) is 18.2. The lowest BCUT2D eigenvalue weighted by Gasteiger charge is -2.12. The number of nitrogens with one attached hydrogen (secondary N) is 3. The van der Waals surface area contributed by atoms with Gasteiger partial charge in [-0.15, -0.1) is 0 Å². The molecule has 27 heavy (non-hydrogen) atoms. The van der Waals surface area contributed by atoms with Gasteiger partial charge < -0.3 is 20.4 Å². The fourth-order valence-electron chi connectivity index (χ4n) is 2.44. The number of amides is 2. The van der Waals surface area contributed by atoms with Gasteiger partial charge in [-0.3, -0.25) is 9.59 Å². The van der Waals surface area contributed by atoms with Gasteiger partial charge in [-0.05, 0) is 36.4 Å². The molecule has 0 aliphatic rings. The Labute approximate surface area is 155 Å². The van der Waals surface area contributed by atoms with Gasteiger partial charge in [0.2, 0.25) is 5.91 Å². The van der Waals surface area contributed by atoms with Crippen LogP contribution in [0.4, 0.5) is 15.8 Å². The molecule has 6 nitrogen and oxygen atoms in total. The van der Waals surface area contributed by atoms with E-state index in [2.05, 4.69) is 16.0 Å². The predicted molar refractivity (Wildman–Crippen MR) is 99.8 cm³/mol. The molecule has 1 heterocycles. The number of carbonyl (C=O) groups is 2. The molecule has 0 unspecified atom stereocenters. The van der Waals surface area contributed by atoms with E-state index in [1.54, 1.807) is 48.5 Å². The summed E-state index contributed by atoms with van der Waals surface area (Å²) in [7, 11) is 0. The normalized spacial score (nSPS) is 10.3. The maximum atomic E-state index is 13.6. The molecular weight excluding hydrogens is 349 g/mol. The van der Waals surface area contributed by atoms with Crippen LogP contribution in [0.2, 0.25) is 0 Å². The minimum Gasteiger partial charge on any atom is -0.467 e.